The van der Waals surface area contributed by atoms with Crippen molar-refractivity contribution in [2.45, 2.75) is 13.0 Å². The third kappa shape index (κ3) is 3.20. The van der Waals surface area contributed by atoms with Crippen molar-refractivity contribution in [3.63, 3.8) is 0 Å². The first-order chi connectivity index (χ1) is 7.60. The quantitative estimate of drug-likeness (QED) is 0.800. The van der Waals surface area contributed by atoms with E-state index in [9.17, 15) is 4.79 Å². The van der Waals surface area contributed by atoms with E-state index in [1.165, 1.54) is 7.11 Å². The molecule has 1 aromatic rings. The second-order valence-corrected chi connectivity index (χ2v) is 4.30. The smallest absolute Gasteiger partial charge is 0.339 e. The van der Waals surface area contributed by atoms with Crippen LogP contribution >= 0.6 is 27.5 Å². The van der Waals surface area contributed by atoms with Gasteiger partial charge in [0.1, 0.15) is 0 Å². The molecule has 0 fully saturated rings. The van der Waals surface area contributed by atoms with Crippen LogP contribution in [0, 0.1) is 0 Å². The Morgan fingerprint density at radius 1 is 1.56 bits per heavy atom. The summed E-state index contributed by atoms with van der Waals surface area (Å²) in [4.78, 5) is 11.6. The molecule has 0 aliphatic rings. The number of benzene rings is 1. The van der Waals surface area contributed by atoms with E-state index in [4.69, 9.17) is 21.1 Å². The molecule has 3 nitrogen and oxygen atoms in total. The van der Waals surface area contributed by atoms with Crippen molar-refractivity contribution in [3.8, 4) is 0 Å². The third-order valence-corrected chi connectivity index (χ3v) is 3.22. The lowest BCUT2D eigenvalue weighted by molar-refractivity contribution is -0.155. The van der Waals surface area contributed by atoms with Gasteiger partial charge in [-0.15, -0.1) is 0 Å². The van der Waals surface area contributed by atoms with Crippen LogP contribution in [0.15, 0.2) is 22.7 Å². The zero-order chi connectivity index (χ0) is 12.1. The van der Waals surface area contributed by atoms with Gasteiger partial charge in [-0.3, -0.25) is 0 Å². The molecule has 0 N–H and O–H groups in total. The summed E-state index contributed by atoms with van der Waals surface area (Å²) < 4.78 is 10.8. The number of hydrogen-bond acceptors (Lipinski definition) is 3. The maximum atomic E-state index is 11.6. The van der Waals surface area contributed by atoms with Crippen molar-refractivity contribution >= 4 is 33.5 Å². The normalized spacial score (nSPS) is 12.2. The van der Waals surface area contributed by atoms with E-state index in [2.05, 4.69) is 15.9 Å². The van der Waals surface area contributed by atoms with Gasteiger partial charge in [0.2, 0.25) is 0 Å². The van der Waals surface area contributed by atoms with Crippen LogP contribution in [0.1, 0.15) is 18.6 Å². The Morgan fingerprint density at radius 2 is 2.25 bits per heavy atom. The molecular weight excluding hydrogens is 295 g/mol. The van der Waals surface area contributed by atoms with Gasteiger partial charge in [0.25, 0.3) is 0 Å². The number of methoxy groups -OCH3 is 1. The van der Waals surface area contributed by atoms with Gasteiger partial charge in [-0.05, 0) is 40.5 Å². The lowest BCUT2D eigenvalue weighted by Crippen LogP contribution is -2.17. The molecule has 1 atom stereocenters. The molecule has 0 heterocycles. The zero-order valence-electron chi connectivity index (χ0n) is 9.00. The minimum Gasteiger partial charge on any atom is -0.464 e. The van der Waals surface area contributed by atoms with Gasteiger partial charge in [0, 0.05) is 11.6 Å². The first-order valence-electron chi connectivity index (χ1n) is 4.74. The number of ether oxygens (including phenoxy) is 2. The molecule has 1 aromatic carbocycles. The van der Waals surface area contributed by atoms with Crippen molar-refractivity contribution < 1.29 is 14.3 Å². The molecule has 0 aliphatic carbocycles. The predicted molar refractivity (Wildman–Crippen MR) is 65.5 cm³/mol. The van der Waals surface area contributed by atoms with Crippen LogP contribution in [-0.2, 0) is 14.3 Å². The summed E-state index contributed by atoms with van der Waals surface area (Å²) in [5.41, 5.74) is 0.675. The lowest BCUT2D eigenvalue weighted by atomic mass is 10.1. The van der Waals surface area contributed by atoms with Crippen molar-refractivity contribution in [1.82, 2.24) is 0 Å². The van der Waals surface area contributed by atoms with E-state index in [1.807, 2.05) is 0 Å². The lowest BCUT2D eigenvalue weighted by Gasteiger charge is -2.14. The van der Waals surface area contributed by atoms with Gasteiger partial charge in [-0.1, -0.05) is 17.7 Å². The van der Waals surface area contributed by atoms with Crippen LogP contribution in [-0.4, -0.2) is 19.7 Å². The number of carbonyl (C=O) groups is 1. The second kappa shape index (κ2) is 6.23. The highest BCUT2D eigenvalue weighted by Gasteiger charge is 2.21. The van der Waals surface area contributed by atoms with Crippen molar-refractivity contribution in [3.05, 3.63) is 33.3 Å². The van der Waals surface area contributed by atoms with E-state index in [-0.39, 0.29) is 0 Å². The van der Waals surface area contributed by atoms with E-state index in [0.717, 1.165) is 4.47 Å². The standard InChI is InChI=1S/C11H12BrClO3/c1-3-16-11(14)10(15-2)7-4-5-8(12)9(13)6-7/h4-6,10H,3H2,1-2H3. The molecule has 1 rings (SSSR count). The second-order valence-electron chi connectivity index (χ2n) is 3.04. The van der Waals surface area contributed by atoms with Gasteiger partial charge < -0.3 is 9.47 Å². The molecule has 1 unspecified atom stereocenters. The maximum absolute atomic E-state index is 11.6. The molecule has 0 saturated carbocycles. The SMILES string of the molecule is CCOC(=O)C(OC)c1ccc(Br)c(Cl)c1. The Labute approximate surface area is 108 Å². The fourth-order valence-electron chi connectivity index (χ4n) is 1.26. The van der Waals surface area contributed by atoms with Crippen LogP contribution in [0.25, 0.3) is 0 Å². The van der Waals surface area contributed by atoms with Crippen LogP contribution in [0.5, 0.6) is 0 Å². The highest BCUT2D eigenvalue weighted by molar-refractivity contribution is 9.10. The third-order valence-electron chi connectivity index (χ3n) is 1.98. The average molecular weight is 308 g/mol. The van der Waals surface area contributed by atoms with E-state index in [1.54, 1.807) is 25.1 Å². The summed E-state index contributed by atoms with van der Waals surface area (Å²) in [5.74, 6) is -0.414. The molecule has 0 radical (unpaired) electrons. The van der Waals surface area contributed by atoms with Crippen molar-refractivity contribution in [1.29, 1.82) is 0 Å². The Bertz CT molecular complexity index is 381. The molecule has 0 saturated heterocycles. The summed E-state index contributed by atoms with van der Waals surface area (Å²) in [7, 11) is 1.46. The molecule has 16 heavy (non-hydrogen) atoms. The van der Waals surface area contributed by atoms with Gasteiger partial charge >= 0.3 is 5.97 Å². The summed E-state index contributed by atoms with van der Waals surface area (Å²) in [6.45, 7) is 2.07. The zero-order valence-corrected chi connectivity index (χ0v) is 11.3. The highest BCUT2D eigenvalue weighted by Crippen LogP contribution is 2.27. The number of halogens is 2. The Hall–Kier alpha value is -0.580. The molecule has 88 valence electrons. The van der Waals surface area contributed by atoms with Crippen LogP contribution < -0.4 is 0 Å². The fraction of sp³-hybridized carbons (Fsp3) is 0.364. The Morgan fingerprint density at radius 3 is 2.75 bits per heavy atom. The predicted octanol–water partition coefficient (Wildman–Crippen LogP) is 3.35. The molecule has 0 aliphatic heterocycles. The van der Waals surface area contributed by atoms with Crippen LogP contribution in [0.2, 0.25) is 5.02 Å². The minimum absolute atomic E-state index is 0.322. The topological polar surface area (TPSA) is 35.5 Å². The van der Waals surface area contributed by atoms with Gasteiger partial charge in [-0.2, -0.15) is 0 Å². The summed E-state index contributed by atoms with van der Waals surface area (Å²) in [6.07, 6.45) is -0.731. The fourth-order valence-corrected chi connectivity index (χ4v) is 1.70. The van der Waals surface area contributed by atoms with E-state index < -0.39 is 12.1 Å². The van der Waals surface area contributed by atoms with Gasteiger partial charge in [-0.25, -0.2) is 4.79 Å². The van der Waals surface area contributed by atoms with E-state index >= 15 is 0 Å². The highest BCUT2D eigenvalue weighted by atomic mass is 79.9. The maximum Gasteiger partial charge on any atom is 0.339 e. The molecule has 5 heteroatoms. The number of carbonyl (C=O) groups excluding carboxylic acids is 1. The molecule has 0 aromatic heterocycles. The molecule has 0 amide bonds. The monoisotopic (exact) mass is 306 g/mol. The Kier molecular flexibility index (Phi) is 5.25. The minimum atomic E-state index is -0.731. The largest absolute Gasteiger partial charge is 0.464 e. The number of esters is 1. The number of hydrogen-bond donors (Lipinski definition) is 0. The molecular formula is C11H12BrClO3. The first kappa shape index (κ1) is 13.5. The molecule has 0 bridgehead atoms. The summed E-state index contributed by atoms with van der Waals surface area (Å²) in [5, 5.41) is 0.531. The first-order valence-corrected chi connectivity index (χ1v) is 5.91. The molecule has 0 spiro atoms. The average Bonchev–Trinajstić information content (AvgIpc) is 2.25. The van der Waals surface area contributed by atoms with Crippen LogP contribution in [0.3, 0.4) is 0 Å². The number of rotatable bonds is 4. The summed E-state index contributed by atoms with van der Waals surface area (Å²) >= 11 is 9.22. The van der Waals surface area contributed by atoms with Gasteiger partial charge in [0.05, 0.1) is 11.6 Å². The Balaban J connectivity index is 2.95. The van der Waals surface area contributed by atoms with E-state index in [0.29, 0.717) is 17.2 Å². The van der Waals surface area contributed by atoms with Crippen LogP contribution in [0.4, 0.5) is 0 Å². The van der Waals surface area contributed by atoms with Gasteiger partial charge in [0.15, 0.2) is 6.10 Å². The van der Waals surface area contributed by atoms with Crippen molar-refractivity contribution in [2.75, 3.05) is 13.7 Å². The van der Waals surface area contributed by atoms with Crippen molar-refractivity contribution in [2.24, 2.45) is 0 Å². The summed E-state index contributed by atoms with van der Waals surface area (Å²) in [6, 6.07) is 5.21.